The first-order valence-electron chi connectivity index (χ1n) is 8.85. The average molecular weight is 457 g/mol. The van der Waals surface area contributed by atoms with E-state index in [1.54, 1.807) is 24.3 Å². The van der Waals surface area contributed by atoms with Gasteiger partial charge in [0.25, 0.3) is 0 Å². The SMILES string of the molecule is CC/C(=N/NC(=S)Nc1cccc(S(=O)(=O)N(C)C)c1)c1ccc(OC(F)F)cc1. The van der Waals surface area contributed by atoms with Gasteiger partial charge in [-0.3, -0.25) is 5.43 Å². The normalized spacial score (nSPS) is 12.2. The second kappa shape index (κ2) is 10.4. The molecule has 2 rings (SSSR count). The van der Waals surface area contributed by atoms with E-state index in [1.807, 2.05) is 6.92 Å². The third-order valence-corrected chi connectivity index (χ3v) is 5.91. The van der Waals surface area contributed by atoms with E-state index in [-0.39, 0.29) is 15.8 Å². The molecule has 0 saturated heterocycles. The van der Waals surface area contributed by atoms with Crippen LogP contribution in [0, 0.1) is 0 Å². The average Bonchev–Trinajstić information content (AvgIpc) is 2.69. The van der Waals surface area contributed by atoms with Crippen molar-refractivity contribution in [3.05, 3.63) is 54.1 Å². The van der Waals surface area contributed by atoms with Crippen LogP contribution in [-0.4, -0.2) is 44.3 Å². The van der Waals surface area contributed by atoms with Crippen LogP contribution in [0.1, 0.15) is 18.9 Å². The van der Waals surface area contributed by atoms with E-state index in [0.717, 1.165) is 4.31 Å². The predicted octanol–water partition coefficient (Wildman–Crippen LogP) is 3.64. The summed E-state index contributed by atoms with van der Waals surface area (Å²) in [5, 5.41) is 7.29. The number of sulfonamides is 1. The maximum Gasteiger partial charge on any atom is 0.387 e. The fourth-order valence-corrected chi connectivity index (χ4v) is 3.51. The topological polar surface area (TPSA) is 83.0 Å². The minimum atomic E-state index is -3.57. The number of rotatable bonds is 8. The Morgan fingerprint density at radius 2 is 1.87 bits per heavy atom. The Morgan fingerprint density at radius 1 is 1.20 bits per heavy atom. The van der Waals surface area contributed by atoms with Gasteiger partial charge in [0.2, 0.25) is 10.0 Å². The molecular formula is C19H22F2N4O3S2. The van der Waals surface area contributed by atoms with E-state index < -0.39 is 16.6 Å². The lowest BCUT2D eigenvalue weighted by atomic mass is 10.1. The van der Waals surface area contributed by atoms with E-state index in [2.05, 4.69) is 20.6 Å². The Hall–Kier alpha value is -2.63. The highest BCUT2D eigenvalue weighted by molar-refractivity contribution is 7.89. The van der Waals surface area contributed by atoms with Gasteiger partial charge in [0, 0.05) is 19.8 Å². The molecule has 0 atom stereocenters. The highest BCUT2D eigenvalue weighted by atomic mass is 32.2. The van der Waals surface area contributed by atoms with Crippen LogP contribution in [0.5, 0.6) is 5.75 Å². The van der Waals surface area contributed by atoms with Crippen LogP contribution in [0.2, 0.25) is 0 Å². The van der Waals surface area contributed by atoms with Crippen molar-refractivity contribution in [3.8, 4) is 5.75 Å². The summed E-state index contributed by atoms with van der Waals surface area (Å²) in [7, 11) is -0.661. The molecular weight excluding hydrogens is 434 g/mol. The number of hydrogen-bond acceptors (Lipinski definition) is 5. The Bertz CT molecular complexity index is 1010. The number of nitrogens with one attached hydrogen (secondary N) is 2. The molecule has 0 spiro atoms. The zero-order valence-corrected chi connectivity index (χ0v) is 18.2. The molecule has 30 heavy (non-hydrogen) atoms. The van der Waals surface area contributed by atoms with Crippen molar-refractivity contribution in [2.45, 2.75) is 24.9 Å². The molecule has 0 amide bonds. The van der Waals surface area contributed by atoms with Crippen molar-refractivity contribution in [3.63, 3.8) is 0 Å². The van der Waals surface area contributed by atoms with E-state index >= 15 is 0 Å². The first-order chi connectivity index (χ1) is 14.1. The zero-order chi connectivity index (χ0) is 22.3. The molecule has 0 saturated carbocycles. The fourth-order valence-electron chi connectivity index (χ4n) is 2.40. The molecule has 2 N–H and O–H groups in total. The summed E-state index contributed by atoms with van der Waals surface area (Å²) in [6, 6.07) is 12.3. The van der Waals surface area contributed by atoms with Gasteiger partial charge < -0.3 is 10.1 Å². The Morgan fingerprint density at radius 3 is 2.43 bits per heavy atom. The molecule has 0 heterocycles. The summed E-state index contributed by atoms with van der Waals surface area (Å²) in [5.74, 6) is 0.0573. The van der Waals surface area contributed by atoms with Gasteiger partial charge >= 0.3 is 6.61 Å². The van der Waals surface area contributed by atoms with Crippen molar-refractivity contribution in [2.24, 2.45) is 5.10 Å². The van der Waals surface area contributed by atoms with Crippen LogP contribution < -0.4 is 15.5 Å². The molecule has 0 fully saturated rings. The van der Waals surface area contributed by atoms with Crippen molar-refractivity contribution in [2.75, 3.05) is 19.4 Å². The number of halogens is 2. The fraction of sp³-hybridized carbons (Fsp3) is 0.263. The maximum atomic E-state index is 12.3. The smallest absolute Gasteiger partial charge is 0.387 e. The number of hydrogen-bond donors (Lipinski definition) is 2. The minimum absolute atomic E-state index is 0.0573. The molecule has 11 heteroatoms. The molecule has 0 radical (unpaired) electrons. The van der Waals surface area contributed by atoms with Crippen LogP contribution in [0.15, 0.2) is 58.5 Å². The van der Waals surface area contributed by atoms with Crippen molar-refractivity contribution < 1.29 is 21.9 Å². The van der Waals surface area contributed by atoms with Gasteiger partial charge in [-0.15, -0.1) is 0 Å². The van der Waals surface area contributed by atoms with Gasteiger partial charge in [-0.2, -0.15) is 13.9 Å². The van der Waals surface area contributed by atoms with Crippen LogP contribution in [0.25, 0.3) is 0 Å². The summed E-state index contributed by atoms with van der Waals surface area (Å²) in [6.07, 6.45) is 0.557. The Kier molecular flexibility index (Phi) is 8.21. The van der Waals surface area contributed by atoms with Crippen molar-refractivity contribution in [1.82, 2.24) is 9.73 Å². The molecule has 0 bridgehead atoms. The number of anilines is 1. The summed E-state index contributed by atoms with van der Waals surface area (Å²) < 4.78 is 54.4. The second-order valence-electron chi connectivity index (χ2n) is 6.20. The molecule has 0 aromatic heterocycles. The molecule has 0 unspecified atom stereocenters. The highest BCUT2D eigenvalue weighted by Gasteiger charge is 2.17. The van der Waals surface area contributed by atoms with Gasteiger partial charge in [-0.25, -0.2) is 12.7 Å². The van der Waals surface area contributed by atoms with E-state index in [1.165, 1.54) is 38.4 Å². The number of nitrogens with zero attached hydrogens (tertiary/aromatic N) is 2. The number of hydrazone groups is 1. The molecule has 2 aromatic carbocycles. The lowest BCUT2D eigenvalue weighted by Gasteiger charge is -2.13. The molecule has 7 nitrogen and oxygen atoms in total. The van der Waals surface area contributed by atoms with Gasteiger partial charge in [0.15, 0.2) is 5.11 Å². The monoisotopic (exact) mass is 456 g/mol. The van der Waals surface area contributed by atoms with Crippen molar-refractivity contribution >= 4 is 38.8 Å². The highest BCUT2D eigenvalue weighted by Crippen LogP contribution is 2.18. The summed E-state index contributed by atoms with van der Waals surface area (Å²) in [6.45, 7) is -0.998. The molecule has 2 aromatic rings. The van der Waals surface area contributed by atoms with E-state index in [4.69, 9.17) is 12.2 Å². The second-order valence-corrected chi connectivity index (χ2v) is 8.76. The third kappa shape index (κ3) is 6.44. The zero-order valence-electron chi connectivity index (χ0n) is 16.6. The number of ether oxygens (including phenoxy) is 1. The molecule has 0 aliphatic carbocycles. The van der Waals surface area contributed by atoms with Gasteiger partial charge in [0.1, 0.15) is 5.75 Å². The first-order valence-corrected chi connectivity index (χ1v) is 10.7. The van der Waals surface area contributed by atoms with Crippen LogP contribution in [0.3, 0.4) is 0 Å². The Balaban J connectivity index is 2.07. The molecule has 0 aliphatic heterocycles. The van der Waals surface area contributed by atoms with Gasteiger partial charge in [-0.1, -0.05) is 13.0 Å². The quantitative estimate of drug-likeness (QED) is 0.359. The maximum absolute atomic E-state index is 12.3. The lowest BCUT2D eigenvalue weighted by molar-refractivity contribution is -0.0498. The van der Waals surface area contributed by atoms with Gasteiger partial charge in [0.05, 0.1) is 10.6 Å². The van der Waals surface area contributed by atoms with E-state index in [0.29, 0.717) is 23.4 Å². The standard InChI is InChI=1S/C19H22F2N4O3S2/c1-4-17(13-8-10-15(11-9-13)28-18(20)21)23-24-19(29)22-14-6-5-7-16(12-14)30(26,27)25(2)3/h5-12,18H,4H2,1-3H3,(H2,22,24,29)/b23-17-. The lowest BCUT2D eigenvalue weighted by Crippen LogP contribution is -2.26. The molecule has 162 valence electrons. The minimum Gasteiger partial charge on any atom is -0.435 e. The first kappa shape index (κ1) is 23.6. The predicted molar refractivity (Wildman–Crippen MR) is 117 cm³/mol. The third-order valence-electron chi connectivity index (χ3n) is 3.91. The molecule has 0 aliphatic rings. The number of thiocarbonyl (C=S) groups is 1. The van der Waals surface area contributed by atoms with Crippen LogP contribution in [0.4, 0.5) is 14.5 Å². The number of benzene rings is 2. The van der Waals surface area contributed by atoms with Gasteiger partial charge in [-0.05, 0) is 66.7 Å². The van der Waals surface area contributed by atoms with Crippen LogP contribution >= 0.6 is 12.2 Å². The number of alkyl halides is 2. The summed E-state index contributed by atoms with van der Waals surface area (Å²) in [4.78, 5) is 0.129. The Labute approximate surface area is 179 Å². The van der Waals surface area contributed by atoms with Crippen molar-refractivity contribution in [1.29, 1.82) is 0 Å². The largest absolute Gasteiger partial charge is 0.435 e. The van der Waals surface area contributed by atoms with Crippen LogP contribution in [-0.2, 0) is 10.0 Å². The summed E-state index contributed by atoms with van der Waals surface area (Å²) >= 11 is 5.22. The summed E-state index contributed by atoms with van der Waals surface area (Å²) in [5.41, 5.74) is 4.55. The van der Waals surface area contributed by atoms with E-state index in [9.17, 15) is 17.2 Å².